The molecule has 0 bridgehead atoms. The van der Waals surface area contributed by atoms with Crippen LogP contribution in [0.5, 0.6) is 5.75 Å². The van der Waals surface area contributed by atoms with Crippen LogP contribution < -0.4 is 4.74 Å². The normalized spacial score (nSPS) is 10.3. The molecule has 2 nitrogen and oxygen atoms in total. The van der Waals surface area contributed by atoms with Crippen molar-refractivity contribution in [2.45, 2.75) is 0 Å². The van der Waals surface area contributed by atoms with Crippen molar-refractivity contribution >= 4 is 27.8 Å². The van der Waals surface area contributed by atoms with E-state index in [2.05, 4.69) is 21.9 Å². The Labute approximate surface area is 132 Å². The van der Waals surface area contributed by atoms with E-state index in [0.717, 1.165) is 10.0 Å². The molecule has 0 radical (unpaired) electrons. The van der Waals surface area contributed by atoms with Crippen LogP contribution in [0.15, 0.2) is 59.1 Å². The van der Waals surface area contributed by atoms with Crippen LogP contribution in [-0.2, 0) is 0 Å². The Bertz CT molecular complexity index is 697. The second-order valence-electron chi connectivity index (χ2n) is 4.24. The average Bonchev–Trinajstić information content (AvgIpc) is 2.52. The van der Waals surface area contributed by atoms with Gasteiger partial charge in [0.1, 0.15) is 12.4 Å². The second kappa shape index (κ2) is 7.47. The van der Waals surface area contributed by atoms with E-state index in [1.165, 1.54) is 6.08 Å². The highest BCUT2D eigenvalue weighted by molar-refractivity contribution is 9.10. The van der Waals surface area contributed by atoms with Crippen molar-refractivity contribution < 1.29 is 9.53 Å². The first-order chi connectivity index (χ1) is 10.2. The Kier molecular flexibility index (Phi) is 5.36. The smallest absolute Gasteiger partial charge is 0.185 e. The molecule has 0 unspecified atom stereocenters. The number of halogens is 1. The number of ketones is 1. The van der Waals surface area contributed by atoms with Crippen molar-refractivity contribution in [3.8, 4) is 18.1 Å². The molecule has 21 heavy (non-hydrogen) atoms. The molecule has 0 spiro atoms. The second-order valence-corrected chi connectivity index (χ2v) is 5.15. The van der Waals surface area contributed by atoms with Gasteiger partial charge in [-0.15, -0.1) is 6.42 Å². The Morgan fingerprint density at radius 3 is 2.71 bits per heavy atom. The van der Waals surface area contributed by atoms with Gasteiger partial charge in [-0.3, -0.25) is 4.79 Å². The third-order valence-corrected chi connectivity index (χ3v) is 3.25. The zero-order chi connectivity index (χ0) is 15.1. The molecule has 3 heteroatoms. The van der Waals surface area contributed by atoms with E-state index in [-0.39, 0.29) is 12.4 Å². The molecular weight excluding hydrogens is 328 g/mol. The minimum absolute atomic E-state index is 0.0570. The number of ether oxygens (including phenoxy) is 1. The molecule has 104 valence electrons. The summed E-state index contributed by atoms with van der Waals surface area (Å²) in [5.41, 5.74) is 1.44. The Hall–Kier alpha value is -2.31. The Morgan fingerprint density at radius 2 is 2.00 bits per heavy atom. The van der Waals surface area contributed by atoms with Crippen molar-refractivity contribution in [1.29, 1.82) is 0 Å². The van der Waals surface area contributed by atoms with Gasteiger partial charge in [0, 0.05) is 15.6 Å². The fourth-order valence-corrected chi connectivity index (χ4v) is 2.14. The third-order valence-electron chi connectivity index (χ3n) is 2.76. The third kappa shape index (κ3) is 4.34. The van der Waals surface area contributed by atoms with Gasteiger partial charge < -0.3 is 4.74 Å². The maximum atomic E-state index is 12.1. The molecule has 0 atom stereocenters. The summed E-state index contributed by atoms with van der Waals surface area (Å²) in [5.74, 6) is 3.01. The van der Waals surface area contributed by atoms with Crippen LogP contribution in [-0.4, -0.2) is 12.4 Å². The highest BCUT2D eigenvalue weighted by atomic mass is 79.9. The van der Waals surface area contributed by atoms with E-state index in [4.69, 9.17) is 11.2 Å². The quantitative estimate of drug-likeness (QED) is 0.459. The molecule has 2 aromatic carbocycles. The van der Waals surface area contributed by atoms with Gasteiger partial charge in [0.05, 0.1) is 0 Å². The van der Waals surface area contributed by atoms with Gasteiger partial charge in [0.2, 0.25) is 0 Å². The average molecular weight is 341 g/mol. The fraction of sp³-hybridized carbons (Fsp3) is 0.0556. The Balaban J connectivity index is 2.22. The molecule has 0 aromatic heterocycles. The number of rotatable bonds is 5. The van der Waals surface area contributed by atoms with Crippen LogP contribution in [0, 0.1) is 12.3 Å². The molecule has 0 N–H and O–H groups in total. The zero-order valence-electron chi connectivity index (χ0n) is 11.3. The summed E-state index contributed by atoms with van der Waals surface area (Å²) in [5, 5.41) is 0. The van der Waals surface area contributed by atoms with Crippen molar-refractivity contribution in [3.05, 3.63) is 70.2 Å². The molecule has 0 fully saturated rings. The highest BCUT2D eigenvalue weighted by Gasteiger charge is 2.04. The van der Waals surface area contributed by atoms with E-state index >= 15 is 0 Å². The summed E-state index contributed by atoms with van der Waals surface area (Å²) in [7, 11) is 0. The van der Waals surface area contributed by atoms with Gasteiger partial charge >= 0.3 is 0 Å². The zero-order valence-corrected chi connectivity index (χ0v) is 12.8. The summed E-state index contributed by atoms with van der Waals surface area (Å²) in [6, 6.07) is 14.7. The maximum Gasteiger partial charge on any atom is 0.185 e. The minimum Gasteiger partial charge on any atom is -0.480 e. The lowest BCUT2D eigenvalue weighted by Gasteiger charge is -2.07. The molecule has 0 aliphatic heterocycles. The van der Waals surface area contributed by atoms with E-state index in [9.17, 15) is 4.79 Å². The summed E-state index contributed by atoms with van der Waals surface area (Å²) in [6.45, 7) is 0.190. The number of terminal acetylenes is 1. The number of carbonyl (C=O) groups excluding carboxylic acids is 1. The van der Waals surface area contributed by atoms with Crippen molar-refractivity contribution in [1.82, 2.24) is 0 Å². The predicted molar refractivity (Wildman–Crippen MR) is 88.3 cm³/mol. The molecule has 2 aromatic rings. The van der Waals surface area contributed by atoms with Crippen molar-refractivity contribution in [2.24, 2.45) is 0 Å². The number of carbonyl (C=O) groups is 1. The lowest BCUT2D eigenvalue weighted by atomic mass is 10.1. The Morgan fingerprint density at radius 1 is 1.24 bits per heavy atom. The van der Waals surface area contributed by atoms with Gasteiger partial charge in [0.25, 0.3) is 0 Å². The van der Waals surface area contributed by atoms with Crippen LogP contribution in [0.1, 0.15) is 15.9 Å². The molecule has 0 aliphatic rings. The summed E-state index contributed by atoms with van der Waals surface area (Å²) in [4.78, 5) is 12.1. The number of hydrogen-bond acceptors (Lipinski definition) is 2. The van der Waals surface area contributed by atoms with Gasteiger partial charge in [-0.05, 0) is 30.4 Å². The van der Waals surface area contributed by atoms with Crippen LogP contribution in [0.4, 0.5) is 0 Å². The first-order valence-electron chi connectivity index (χ1n) is 6.34. The monoisotopic (exact) mass is 340 g/mol. The maximum absolute atomic E-state index is 12.1. The summed E-state index contributed by atoms with van der Waals surface area (Å²) >= 11 is 3.40. The van der Waals surface area contributed by atoms with Crippen LogP contribution in [0.2, 0.25) is 0 Å². The van der Waals surface area contributed by atoms with Crippen LogP contribution in [0.25, 0.3) is 6.08 Å². The van der Waals surface area contributed by atoms with Crippen molar-refractivity contribution in [3.63, 3.8) is 0 Å². The number of allylic oxidation sites excluding steroid dienone is 1. The van der Waals surface area contributed by atoms with Gasteiger partial charge in [-0.1, -0.05) is 52.2 Å². The minimum atomic E-state index is -0.0570. The molecule has 0 aliphatic carbocycles. The lowest BCUT2D eigenvalue weighted by Crippen LogP contribution is -1.96. The van der Waals surface area contributed by atoms with E-state index < -0.39 is 0 Å². The lowest BCUT2D eigenvalue weighted by molar-refractivity contribution is 0.104. The van der Waals surface area contributed by atoms with Gasteiger partial charge in [0.15, 0.2) is 5.78 Å². The SMILES string of the molecule is C#CCOc1ccc(Br)cc1/C=C/C(=O)c1ccccc1. The number of benzene rings is 2. The first kappa shape index (κ1) is 15.1. The fourth-order valence-electron chi connectivity index (χ4n) is 1.76. The number of hydrogen-bond donors (Lipinski definition) is 0. The van der Waals surface area contributed by atoms with Crippen LogP contribution in [0.3, 0.4) is 0 Å². The molecule has 0 saturated carbocycles. The standard InChI is InChI=1S/C18H13BrO2/c1-2-12-21-18-11-9-16(19)13-15(18)8-10-17(20)14-6-4-3-5-7-14/h1,3-11,13H,12H2/b10-8+. The summed E-state index contributed by atoms with van der Waals surface area (Å²) < 4.78 is 6.36. The van der Waals surface area contributed by atoms with Gasteiger partial charge in [-0.2, -0.15) is 0 Å². The summed E-state index contributed by atoms with van der Waals surface area (Å²) in [6.07, 6.45) is 8.45. The molecular formula is C18H13BrO2. The molecule has 0 heterocycles. The van der Waals surface area contributed by atoms with Crippen molar-refractivity contribution in [2.75, 3.05) is 6.61 Å². The largest absolute Gasteiger partial charge is 0.480 e. The van der Waals surface area contributed by atoms with Crippen LogP contribution >= 0.6 is 15.9 Å². The van der Waals surface area contributed by atoms with E-state index in [0.29, 0.717) is 11.3 Å². The topological polar surface area (TPSA) is 26.3 Å². The predicted octanol–water partition coefficient (Wildman–Crippen LogP) is 4.36. The molecule has 2 rings (SSSR count). The highest BCUT2D eigenvalue weighted by Crippen LogP contribution is 2.24. The molecule has 0 amide bonds. The first-order valence-corrected chi connectivity index (χ1v) is 7.13. The molecule has 0 saturated heterocycles. The van der Waals surface area contributed by atoms with E-state index in [1.807, 2.05) is 36.4 Å². The van der Waals surface area contributed by atoms with Gasteiger partial charge in [-0.25, -0.2) is 0 Å². The van der Waals surface area contributed by atoms with E-state index in [1.54, 1.807) is 18.2 Å².